The molecule has 30 heavy (non-hydrogen) atoms. The second kappa shape index (κ2) is 10.0. The van der Waals surface area contributed by atoms with E-state index in [1.807, 2.05) is 37.3 Å². The summed E-state index contributed by atoms with van der Waals surface area (Å²) < 4.78 is 6.92. The van der Waals surface area contributed by atoms with Gasteiger partial charge in [-0.05, 0) is 36.8 Å². The van der Waals surface area contributed by atoms with Crippen LogP contribution in [-0.4, -0.2) is 66.6 Å². The molecule has 1 saturated heterocycles. The lowest BCUT2D eigenvalue weighted by Gasteiger charge is -2.33. The summed E-state index contributed by atoms with van der Waals surface area (Å²) in [6.45, 7) is 8.08. The Hall–Kier alpha value is -2.48. The predicted molar refractivity (Wildman–Crippen MR) is 121 cm³/mol. The van der Waals surface area contributed by atoms with Crippen LogP contribution in [0.3, 0.4) is 0 Å². The lowest BCUT2D eigenvalue weighted by Crippen LogP contribution is -2.49. The van der Waals surface area contributed by atoms with Crippen LogP contribution in [-0.2, 0) is 11.3 Å². The van der Waals surface area contributed by atoms with E-state index < -0.39 is 0 Å². The Bertz CT molecular complexity index is 949. The van der Waals surface area contributed by atoms with Crippen LogP contribution in [0.5, 0.6) is 5.75 Å². The molecule has 4 rings (SSSR count). The van der Waals surface area contributed by atoms with Gasteiger partial charge in [0, 0.05) is 26.2 Å². The van der Waals surface area contributed by atoms with Gasteiger partial charge in [0.2, 0.25) is 5.91 Å². The number of aromatic nitrogens is 1. The number of fused-ring (bicyclic) bond motifs is 1. The normalized spacial score (nSPS) is 15.4. The average Bonchev–Trinajstić information content (AvgIpc) is 3.15. The van der Waals surface area contributed by atoms with Gasteiger partial charge in [-0.2, -0.15) is 0 Å². The van der Waals surface area contributed by atoms with Crippen molar-refractivity contribution in [3.8, 4) is 5.75 Å². The highest BCUT2D eigenvalue weighted by Gasteiger charge is 2.20. The van der Waals surface area contributed by atoms with Gasteiger partial charge in [0.25, 0.3) is 0 Å². The second-order valence-corrected chi connectivity index (χ2v) is 8.76. The molecule has 1 aliphatic rings. The van der Waals surface area contributed by atoms with Gasteiger partial charge in [-0.25, -0.2) is 4.98 Å². The molecule has 0 unspecified atom stereocenters. The number of carbonyl (C=O) groups excluding carboxylic acids is 1. The fourth-order valence-corrected chi connectivity index (χ4v) is 4.62. The summed E-state index contributed by atoms with van der Waals surface area (Å²) in [6, 6.07) is 16.2. The van der Waals surface area contributed by atoms with Crippen LogP contribution in [0.1, 0.15) is 10.6 Å². The summed E-state index contributed by atoms with van der Waals surface area (Å²) in [7, 11) is 0. The maximum atomic E-state index is 12.2. The zero-order valence-corrected chi connectivity index (χ0v) is 18.2. The van der Waals surface area contributed by atoms with Crippen LogP contribution in [0.4, 0.5) is 0 Å². The van der Waals surface area contributed by atoms with Crippen molar-refractivity contribution in [2.45, 2.75) is 13.5 Å². The average molecular weight is 425 g/mol. The van der Waals surface area contributed by atoms with E-state index in [4.69, 9.17) is 9.72 Å². The Kier molecular flexibility index (Phi) is 6.94. The molecule has 0 saturated carbocycles. The third-order valence-electron chi connectivity index (χ3n) is 5.21. The first-order valence-corrected chi connectivity index (χ1v) is 11.2. The van der Waals surface area contributed by atoms with E-state index in [1.165, 1.54) is 10.3 Å². The van der Waals surface area contributed by atoms with Crippen LogP contribution in [0.2, 0.25) is 0 Å². The number of ether oxygens (including phenoxy) is 1. The Morgan fingerprint density at radius 1 is 1.10 bits per heavy atom. The Balaban J connectivity index is 1.13. The zero-order valence-electron chi connectivity index (χ0n) is 17.3. The summed E-state index contributed by atoms with van der Waals surface area (Å²) in [5, 5.41) is 4.12. The van der Waals surface area contributed by atoms with Crippen molar-refractivity contribution in [3.05, 3.63) is 59.1 Å². The number of nitrogens with one attached hydrogen (secondary N) is 1. The molecule has 0 atom stereocenters. The molecule has 1 aliphatic heterocycles. The number of piperazine rings is 1. The molecular formula is C23H28N4O2S. The molecule has 158 valence electrons. The summed E-state index contributed by atoms with van der Waals surface area (Å²) in [6.07, 6.45) is 0. The first-order chi connectivity index (χ1) is 14.7. The summed E-state index contributed by atoms with van der Waals surface area (Å²) in [5.41, 5.74) is 2.25. The van der Waals surface area contributed by atoms with Crippen molar-refractivity contribution < 1.29 is 9.53 Å². The maximum Gasteiger partial charge on any atom is 0.234 e. The third-order valence-corrected chi connectivity index (χ3v) is 6.23. The quantitative estimate of drug-likeness (QED) is 0.564. The predicted octanol–water partition coefficient (Wildman–Crippen LogP) is 2.92. The Morgan fingerprint density at radius 3 is 2.70 bits per heavy atom. The number of thiazole rings is 1. The van der Waals surface area contributed by atoms with E-state index in [-0.39, 0.29) is 5.91 Å². The fraction of sp³-hybridized carbons (Fsp3) is 0.391. The van der Waals surface area contributed by atoms with Gasteiger partial charge in [0.15, 0.2) is 0 Å². The molecule has 1 fully saturated rings. The second-order valence-electron chi connectivity index (χ2n) is 7.64. The number of nitrogens with zero attached hydrogens (tertiary/aromatic N) is 3. The number of hydrogen-bond acceptors (Lipinski definition) is 6. The standard InChI is InChI=1S/C23H28N4O2S/c1-18-5-4-6-19(15-18)29-14-9-24-22(28)16-26-10-12-27(13-11-26)17-23-25-20-7-2-3-8-21(20)30-23/h2-8,15H,9-14,16-17H2,1H3,(H,24,28). The van der Waals surface area contributed by atoms with Crippen LogP contribution in [0.25, 0.3) is 10.2 Å². The number of carbonyl (C=O) groups is 1. The van der Waals surface area contributed by atoms with Crippen LogP contribution >= 0.6 is 11.3 Å². The van der Waals surface area contributed by atoms with E-state index in [0.29, 0.717) is 19.7 Å². The summed E-state index contributed by atoms with van der Waals surface area (Å²) in [5.74, 6) is 0.899. The topological polar surface area (TPSA) is 57.7 Å². The number of amides is 1. The molecule has 1 N–H and O–H groups in total. The van der Waals surface area contributed by atoms with Crippen molar-refractivity contribution in [3.63, 3.8) is 0 Å². The fourth-order valence-electron chi connectivity index (χ4n) is 3.61. The van der Waals surface area contributed by atoms with Crippen molar-refractivity contribution in [2.75, 3.05) is 45.9 Å². The van der Waals surface area contributed by atoms with Gasteiger partial charge >= 0.3 is 0 Å². The van der Waals surface area contributed by atoms with Gasteiger partial charge in [0.1, 0.15) is 17.4 Å². The molecular weight excluding hydrogens is 396 g/mol. The largest absolute Gasteiger partial charge is 0.492 e. The molecule has 2 aromatic carbocycles. The maximum absolute atomic E-state index is 12.2. The lowest BCUT2D eigenvalue weighted by molar-refractivity contribution is -0.122. The van der Waals surface area contributed by atoms with E-state index in [0.717, 1.165) is 49.0 Å². The van der Waals surface area contributed by atoms with Gasteiger partial charge in [-0.1, -0.05) is 24.3 Å². The summed E-state index contributed by atoms with van der Waals surface area (Å²) in [4.78, 5) is 21.6. The van der Waals surface area contributed by atoms with Gasteiger partial charge in [-0.3, -0.25) is 14.6 Å². The number of rotatable bonds is 8. The minimum atomic E-state index is 0.0578. The lowest BCUT2D eigenvalue weighted by atomic mass is 10.2. The molecule has 0 spiro atoms. The number of benzene rings is 2. The van der Waals surface area contributed by atoms with Gasteiger partial charge in [0.05, 0.1) is 29.9 Å². The Labute approximate surface area is 181 Å². The molecule has 3 aromatic rings. The zero-order chi connectivity index (χ0) is 20.8. The molecule has 0 aliphatic carbocycles. The van der Waals surface area contributed by atoms with Crippen LogP contribution < -0.4 is 10.1 Å². The van der Waals surface area contributed by atoms with Crippen molar-refractivity contribution in [1.29, 1.82) is 0 Å². The van der Waals surface area contributed by atoms with Crippen LogP contribution in [0.15, 0.2) is 48.5 Å². The van der Waals surface area contributed by atoms with E-state index in [9.17, 15) is 4.79 Å². The molecule has 1 amide bonds. The molecule has 7 heteroatoms. The molecule has 6 nitrogen and oxygen atoms in total. The highest BCUT2D eigenvalue weighted by atomic mass is 32.1. The smallest absolute Gasteiger partial charge is 0.234 e. The van der Waals surface area contributed by atoms with Crippen molar-refractivity contribution in [2.24, 2.45) is 0 Å². The molecule has 0 bridgehead atoms. The van der Waals surface area contributed by atoms with Crippen molar-refractivity contribution in [1.82, 2.24) is 20.1 Å². The number of hydrogen-bond donors (Lipinski definition) is 1. The minimum Gasteiger partial charge on any atom is -0.492 e. The minimum absolute atomic E-state index is 0.0578. The molecule has 0 radical (unpaired) electrons. The SMILES string of the molecule is Cc1cccc(OCCNC(=O)CN2CCN(Cc3nc4ccccc4s3)CC2)c1. The van der Waals surface area contributed by atoms with Crippen molar-refractivity contribution >= 4 is 27.5 Å². The van der Waals surface area contributed by atoms with Gasteiger partial charge in [-0.15, -0.1) is 11.3 Å². The number of aryl methyl sites for hydroxylation is 1. The first kappa shape index (κ1) is 20.8. The molecule has 1 aromatic heterocycles. The Morgan fingerprint density at radius 2 is 1.90 bits per heavy atom. The summed E-state index contributed by atoms with van der Waals surface area (Å²) >= 11 is 1.77. The van der Waals surface area contributed by atoms with E-state index >= 15 is 0 Å². The number of para-hydroxylation sites is 1. The van der Waals surface area contributed by atoms with Crippen LogP contribution in [0, 0.1) is 6.92 Å². The third kappa shape index (κ3) is 5.78. The first-order valence-electron chi connectivity index (χ1n) is 10.4. The van der Waals surface area contributed by atoms with E-state index in [2.05, 4.69) is 33.3 Å². The van der Waals surface area contributed by atoms with Gasteiger partial charge < -0.3 is 10.1 Å². The molecule has 2 heterocycles. The monoisotopic (exact) mass is 424 g/mol. The van der Waals surface area contributed by atoms with E-state index in [1.54, 1.807) is 11.3 Å². The highest BCUT2D eigenvalue weighted by Crippen LogP contribution is 2.23. The highest BCUT2D eigenvalue weighted by molar-refractivity contribution is 7.18.